The molecule has 1 spiro atoms. The minimum Gasteiger partial charge on any atom is -0.286 e. The van der Waals surface area contributed by atoms with Gasteiger partial charge in [-0.3, -0.25) is 5.43 Å². The lowest BCUT2D eigenvalue weighted by molar-refractivity contribution is 0.168. The molecule has 2 heterocycles. The van der Waals surface area contributed by atoms with Crippen molar-refractivity contribution in [3.05, 3.63) is 40.3 Å². The molecule has 1 fully saturated rings. The molecule has 4 rings (SSSR count). The molecule has 2 aliphatic heterocycles. The molecule has 0 saturated heterocycles. The van der Waals surface area contributed by atoms with Crippen LogP contribution in [0, 0.1) is 0 Å². The van der Waals surface area contributed by atoms with Crippen molar-refractivity contribution in [1.29, 1.82) is 0 Å². The van der Waals surface area contributed by atoms with Gasteiger partial charge >= 0.3 is 0 Å². The predicted molar refractivity (Wildman–Crippen MR) is 83.8 cm³/mol. The molecule has 0 amide bonds. The number of hydrogen-bond donors (Lipinski definition) is 2. The van der Waals surface area contributed by atoms with Gasteiger partial charge < -0.3 is 0 Å². The van der Waals surface area contributed by atoms with Crippen LogP contribution in [0.4, 0.5) is 0 Å². The van der Waals surface area contributed by atoms with Crippen LogP contribution in [-0.4, -0.2) is 15.8 Å². The maximum atomic E-state index is 5.97. The minimum atomic E-state index is -0.0695. The second kappa shape index (κ2) is 4.69. The molecule has 1 aromatic carbocycles. The zero-order valence-electron chi connectivity index (χ0n) is 10.9. The molecule has 0 unspecified atom stereocenters. The lowest BCUT2D eigenvalue weighted by Gasteiger charge is -2.40. The molecule has 0 aromatic heterocycles. The summed E-state index contributed by atoms with van der Waals surface area (Å²) in [5.74, 6) is 0. The van der Waals surface area contributed by atoms with Crippen molar-refractivity contribution in [3.8, 4) is 0 Å². The molecule has 6 heteroatoms. The lowest BCUT2D eigenvalue weighted by atomic mass is 10.1. The average Bonchev–Trinajstić information content (AvgIpc) is 3.07. The first-order valence-corrected chi connectivity index (χ1v) is 8.07. The van der Waals surface area contributed by atoms with Gasteiger partial charge in [0, 0.05) is 16.0 Å². The maximum absolute atomic E-state index is 5.97. The van der Waals surface area contributed by atoms with Crippen LogP contribution in [0.25, 0.3) is 5.70 Å². The molecule has 0 atom stereocenters. The van der Waals surface area contributed by atoms with Gasteiger partial charge in [-0.25, -0.2) is 10.4 Å². The van der Waals surface area contributed by atoms with Crippen molar-refractivity contribution < 1.29 is 0 Å². The second-order valence-electron chi connectivity index (χ2n) is 5.37. The first kappa shape index (κ1) is 12.6. The quantitative estimate of drug-likeness (QED) is 0.835. The highest BCUT2D eigenvalue weighted by Crippen LogP contribution is 2.37. The van der Waals surface area contributed by atoms with Gasteiger partial charge in [0.15, 0.2) is 0 Å². The maximum Gasteiger partial charge on any atom is 0.206 e. The standard InChI is InChI=1S/C14H15ClN4S/c15-11-5-3-10(4-6-11)12-9-20-13-16-17-14(18-19(12)13)7-1-2-8-14/h3-6,9,17-18H,1-2,7-8H2. The van der Waals surface area contributed by atoms with E-state index in [0.29, 0.717) is 0 Å². The van der Waals surface area contributed by atoms with E-state index in [-0.39, 0.29) is 5.66 Å². The van der Waals surface area contributed by atoms with Crippen molar-refractivity contribution in [2.24, 2.45) is 5.10 Å². The zero-order valence-corrected chi connectivity index (χ0v) is 12.5. The Kier molecular flexibility index (Phi) is 2.94. The fraction of sp³-hybridized carbons (Fsp3) is 0.357. The summed E-state index contributed by atoms with van der Waals surface area (Å²) in [5, 5.41) is 10.5. The van der Waals surface area contributed by atoms with Gasteiger partial charge in [-0.2, -0.15) is 5.10 Å². The fourth-order valence-corrected chi connectivity index (χ4v) is 3.85. The molecule has 104 valence electrons. The predicted octanol–water partition coefficient (Wildman–Crippen LogP) is 3.34. The number of nitrogens with zero attached hydrogens (tertiary/aromatic N) is 2. The minimum absolute atomic E-state index is 0.0695. The number of halogens is 1. The molecular weight excluding hydrogens is 292 g/mol. The Morgan fingerprint density at radius 1 is 1.20 bits per heavy atom. The summed E-state index contributed by atoms with van der Waals surface area (Å²) in [6.45, 7) is 0. The van der Waals surface area contributed by atoms with Crippen molar-refractivity contribution in [2.75, 3.05) is 0 Å². The number of hydrazine groups is 1. The molecule has 2 N–H and O–H groups in total. The van der Waals surface area contributed by atoms with E-state index in [0.717, 1.165) is 34.3 Å². The normalized spacial score (nSPS) is 23.4. The van der Waals surface area contributed by atoms with E-state index < -0.39 is 0 Å². The highest BCUT2D eigenvalue weighted by atomic mass is 35.5. The van der Waals surface area contributed by atoms with E-state index in [9.17, 15) is 0 Å². The number of rotatable bonds is 1. The van der Waals surface area contributed by atoms with Gasteiger partial charge in [0.05, 0.1) is 5.70 Å². The van der Waals surface area contributed by atoms with E-state index in [1.807, 2.05) is 24.3 Å². The second-order valence-corrected chi connectivity index (χ2v) is 6.64. The summed E-state index contributed by atoms with van der Waals surface area (Å²) in [6.07, 6.45) is 4.70. The first-order valence-electron chi connectivity index (χ1n) is 6.81. The van der Waals surface area contributed by atoms with E-state index in [4.69, 9.17) is 11.6 Å². The summed E-state index contributed by atoms with van der Waals surface area (Å²) in [5.41, 5.74) is 9.15. The van der Waals surface area contributed by atoms with Crippen molar-refractivity contribution in [3.63, 3.8) is 0 Å². The van der Waals surface area contributed by atoms with Gasteiger partial charge in [0.2, 0.25) is 5.17 Å². The van der Waals surface area contributed by atoms with Crippen molar-refractivity contribution >= 4 is 34.2 Å². The molecule has 0 bridgehead atoms. The molecule has 3 aliphatic rings. The van der Waals surface area contributed by atoms with E-state index in [1.165, 1.54) is 12.8 Å². The number of benzene rings is 1. The Morgan fingerprint density at radius 2 is 1.95 bits per heavy atom. The highest BCUT2D eigenvalue weighted by Gasteiger charge is 2.41. The lowest BCUT2D eigenvalue weighted by Crippen LogP contribution is -2.63. The Balaban J connectivity index is 1.65. The number of fused-ring (bicyclic) bond motifs is 1. The molecule has 1 aromatic rings. The van der Waals surface area contributed by atoms with Gasteiger partial charge in [0.25, 0.3) is 0 Å². The SMILES string of the molecule is Clc1ccc(C2=CSC3=NNC4(CCCC4)NN23)cc1. The number of amidine groups is 1. The molecular formula is C14H15ClN4S. The zero-order chi connectivity index (χ0) is 13.6. The van der Waals surface area contributed by atoms with Gasteiger partial charge in [-0.1, -0.05) is 35.5 Å². The summed E-state index contributed by atoms with van der Waals surface area (Å²) in [4.78, 5) is 0. The summed E-state index contributed by atoms with van der Waals surface area (Å²) < 4.78 is 0. The number of hydrogen-bond acceptors (Lipinski definition) is 5. The Labute approximate surface area is 127 Å². The summed E-state index contributed by atoms with van der Waals surface area (Å²) >= 11 is 7.60. The molecule has 0 radical (unpaired) electrons. The average molecular weight is 307 g/mol. The first-order chi connectivity index (χ1) is 9.76. The number of thioether (sulfide) groups is 1. The van der Waals surface area contributed by atoms with Gasteiger partial charge in [-0.05, 0) is 37.8 Å². The van der Waals surface area contributed by atoms with Crippen LogP contribution in [-0.2, 0) is 0 Å². The third-order valence-corrected chi connectivity index (χ3v) is 5.07. The van der Waals surface area contributed by atoms with Crippen LogP contribution in [0.15, 0.2) is 34.8 Å². The Bertz CT molecular complexity index is 590. The third kappa shape index (κ3) is 2.01. The van der Waals surface area contributed by atoms with E-state index in [1.54, 1.807) is 11.8 Å². The van der Waals surface area contributed by atoms with Crippen molar-refractivity contribution in [1.82, 2.24) is 15.9 Å². The van der Waals surface area contributed by atoms with Crippen LogP contribution in [0.1, 0.15) is 31.2 Å². The molecule has 20 heavy (non-hydrogen) atoms. The molecule has 1 saturated carbocycles. The molecule has 1 aliphatic carbocycles. The summed E-state index contributed by atoms with van der Waals surface area (Å²) in [7, 11) is 0. The van der Waals surface area contributed by atoms with E-state index >= 15 is 0 Å². The topological polar surface area (TPSA) is 39.7 Å². The van der Waals surface area contributed by atoms with Crippen LogP contribution < -0.4 is 10.9 Å². The van der Waals surface area contributed by atoms with Crippen LogP contribution in [0.3, 0.4) is 0 Å². The Hall–Kier alpha value is -1.17. The fourth-order valence-electron chi connectivity index (χ4n) is 2.92. The third-order valence-electron chi connectivity index (χ3n) is 4.00. The van der Waals surface area contributed by atoms with Gasteiger partial charge in [0.1, 0.15) is 5.66 Å². The van der Waals surface area contributed by atoms with Crippen LogP contribution in [0.2, 0.25) is 5.02 Å². The Morgan fingerprint density at radius 3 is 2.70 bits per heavy atom. The largest absolute Gasteiger partial charge is 0.286 e. The molecule has 4 nitrogen and oxygen atoms in total. The van der Waals surface area contributed by atoms with Crippen LogP contribution in [0.5, 0.6) is 0 Å². The van der Waals surface area contributed by atoms with Gasteiger partial charge in [-0.15, -0.1) is 0 Å². The van der Waals surface area contributed by atoms with Crippen molar-refractivity contribution in [2.45, 2.75) is 31.3 Å². The smallest absolute Gasteiger partial charge is 0.206 e. The monoisotopic (exact) mass is 306 g/mol. The number of nitrogens with one attached hydrogen (secondary N) is 2. The van der Waals surface area contributed by atoms with Crippen LogP contribution >= 0.6 is 23.4 Å². The number of hydrazone groups is 1. The van der Waals surface area contributed by atoms with E-state index in [2.05, 4.69) is 26.4 Å². The highest BCUT2D eigenvalue weighted by molar-refractivity contribution is 8.16. The summed E-state index contributed by atoms with van der Waals surface area (Å²) in [6, 6.07) is 7.93.